The second-order valence-corrected chi connectivity index (χ2v) is 4.33. The van der Waals surface area contributed by atoms with Gasteiger partial charge in [0.05, 0.1) is 6.04 Å². The number of piperidine rings is 1. The number of aromatic nitrogens is 1. The highest BCUT2D eigenvalue weighted by Crippen LogP contribution is 2.09. The molecule has 0 saturated carbocycles. The molecule has 0 bridgehead atoms. The lowest BCUT2D eigenvalue weighted by Crippen LogP contribution is -2.44. The predicted molar refractivity (Wildman–Crippen MR) is 66.0 cm³/mol. The van der Waals surface area contributed by atoms with Crippen molar-refractivity contribution in [1.82, 2.24) is 9.88 Å². The van der Waals surface area contributed by atoms with Gasteiger partial charge in [0, 0.05) is 13.2 Å². The van der Waals surface area contributed by atoms with E-state index in [1.54, 1.807) is 25.4 Å². The van der Waals surface area contributed by atoms with Gasteiger partial charge in [0.25, 0.3) is 5.56 Å². The van der Waals surface area contributed by atoms with E-state index in [0.29, 0.717) is 5.69 Å². The van der Waals surface area contributed by atoms with Crippen molar-refractivity contribution in [3.63, 3.8) is 0 Å². The number of nitrogens with zero attached hydrogens (tertiary/aromatic N) is 1. The molecule has 0 aliphatic carbocycles. The Balaban J connectivity index is 2.07. The molecule has 5 nitrogen and oxygen atoms in total. The number of hydrogen-bond acceptors (Lipinski definition) is 3. The van der Waals surface area contributed by atoms with Crippen LogP contribution in [0.1, 0.15) is 19.3 Å². The minimum atomic E-state index is -0.184. The van der Waals surface area contributed by atoms with Gasteiger partial charge in [-0.1, -0.05) is 6.42 Å². The van der Waals surface area contributed by atoms with Crippen LogP contribution in [0.4, 0.5) is 5.69 Å². The topological polar surface area (TPSA) is 63.1 Å². The molecule has 0 aromatic carbocycles. The highest BCUT2D eigenvalue weighted by molar-refractivity contribution is 5.94. The summed E-state index contributed by atoms with van der Waals surface area (Å²) in [5.74, 6) is -0.118. The van der Waals surface area contributed by atoms with Crippen LogP contribution in [-0.4, -0.2) is 23.1 Å². The zero-order valence-electron chi connectivity index (χ0n) is 9.90. The highest BCUT2D eigenvalue weighted by Gasteiger charge is 2.21. The maximum absolute atomic E-state index is 11.9. The Kier molecular flexibility index (Phi) is 3.58. The molecule has 1 aromatic rings. The molecule has 92 valence electrons. The number of rotatable bonds is 2. The molecule has 0 spiro atoms. The van der Waals surface area contributed by atoms with E-state index in [-0.39, 0.29) is 17.5 Å². The summed E-state index contributed by atoms with van der Waals surface area (Å²) in [6.07, 6.45) is 4.66. The van der Waals surface area contributed by atoms with Gasteiger partial charge in [-0.2, -0.15) is 0 Å². The van der Waals surface area contributed by atoms with Gasteiger partial charge in [-0.25, -0.2) is 0 Å². The monoisotopic (exact) mass is 235 g/mol. The SMILES string of the molecule is Cn1cccc(NC(=O)C2CCCCN2)c1=O. The van der Waals surface area contributed by atoms with E-state index in [2.05, 4.69) is 10.6 Å². The quantitative estimate of drug-likeness (QED) is 0.783. The van der Waals surface area contributed by atoms with Crippen molar-refractivity contribution in [3.8, 4) is 0 Å². The van der Waals surface area contributed by atoms with Crippen LogP contribution in [0.2, 0.25) is 0 Å². The molecule has 1 atom stereocenters. The molecule has 2 rings (SSSR count). The van der Waals surface area contributed by atoms with Gasteiger partial charge in [-0.3, -0.25) is 9.59 Å². The van der Waals surface area contributed by atoms with Crippen LogP contribution in [0.5, 0.6) is 0 Å². The highest BCUT2D eigenvalue weighted by atomic mass is 16.2. The van der Waals surface area contributed by atoms with Gasteiger partial charge in [-0.05, 0) is 31.5 Å². The number of carbonyl (C=O) groups is 1. The van der Waals surface area contributed by atoms with Gasteiger partial charge in [-0.15, -0.1) is 0 Å². The molecular formula is C12H17N3O2. The van der Waals surface area contributed by atoms with Crippen molar-refractivity contribution < 1.29 is 4.79 Å². The lowest BCUT2D eigenvalue weighted by Gasteiger charge is -2.22. The number of amides is 1. The van der Waals surface area contributed by atoms with E-state index in [1.807, 2.05) is 0 Å². The van der Waals surface area contributed by atoms with Gasteiger partial charge in [0.2, 0.25) is 5.91 Å². The third kappa shape index (κ3) is 2.74. The van der Waals surface area contributed by atoms with Crippen LogP contribution in [0.3, 0.4) is 0 Å². The molecule has 1 unspecified atom stereocenters. The van der Waals surface area contributed by atoms with Crippen molar-refractivity contribution in [3.05, 3.63) is 28.7 Å². The third-order valence-electron chi connectivity index (χ3n) is 3.01. The number of hydrogen-bond donors (Lipinski definition) is 2. The Hall–Kier alpha value is -1.62. The number of carbonyl (C=O) groups excluding carboxylic acids is 1. The zero-order chi connectivity index (χ0) is 12.3. The van der Waals surface area contributed by atoms with E-state index in [0.717, 1.165) is 25.8 Å². The fraction of sp³-hybridized carbons (Fsp3) is 0.500. The molecule has 17 heavy (non-hydrogen) atoms. The van der Waals surface area contributed by atoms with E-state index < -0.39 is 0 Å². The van der Waals surface area contributed by atoms with Crippen LogP contribution in [0.25, 0.3) is 0 Å². The Morgan fingerprint density at radius 1 is 1.53 bits per heavy atom. The third-order valence-corrected chi connectivity index (χ3v) is 3.01. The van der Waals surface area contributed by atoms with Crippen LogP contribution in [-0.2, 0) is 11.8 Å². The summed E-state index contributed by atoms with van der Waals surface area (Å²) < 4.78 is 1.45. The minimum Gasteiger partial charge on any atom is -0.320 e. The van der Waals surface area contributed by atoms with E-state index in [4.69, 9.17) is 0 Å². The smallest absolute Gasteiger partial charge is 0.274 e. The standard InChI is InChI=1S/C12H17N3O2/c1-15-8-4-6-10(12(15)17)14-11(16)9-5-2-3-7-13-9/h4,6,8-9,13H,2-3,5,7H2,1H3,(H,14,16). The molecule has 0 radical (unpaired) electrons. The fourth-order valence-corrected chi connectivity index (χ4v) is 1.99. The molecule has 1 saturated heterocycles. The molecule has 1 fully saturated rings. The first-order chi connectivity index (χ1) is 8.18. The normalized spacial score (nSPS) is 19.9. The summed E-state index contributed by atoms with van der Waals surface area (Å²) in [7, 11) is 1.66. The molecule has 2 N–H and O–H groups in total. The largest absolute Gasteiger partial charge is 0.320 e. The first-order valence-corrected chi connectivity index (χ1v) is 5.88. The van der Waals surface area contributed by atoms with E-state index >= 15 is 0 Å². The lowest BCUT2D eigenvalue weighted by atomic mass is 10.0. The summed E-state index contributed by atoms with van der Waals surface area (Å²) >= 11 is 0. The van der Waals surface area contributed by atoms with Crippen LogP contribution >= 0.6 is 0 Å². The van der Waals surface area contributed by atoms with Crippen molar-refractivity contribution in [2.75, 3.05) is 11.9 Å². The first kappa shape index (κ1) is 11.9. The predicted octanol–water partition coefficient (Wildman–Crippen LogP) is 0.466. The van der Waals surface area contributed by atoms with Crippen molar-refractivity contribution in [2.24, 2.45) is 7.05 Å². The molecule has 1 aliphatic heterocycles. The maximum Gasteiger partial charge on any atom is 0.274 e. The van der Waals surface area contributed by atoms with Crippen molar-refractivity contribution >= 4 is 11.6 Å². The Bertz CT molecular complexity index is 461. The molecule has 1 aliphatic rings. The fourth-order valence-electron chi connectivity index (χ4n) is 1.99. The molecule has 1 amide bonds. The van der Waals surface area contributed by atoms with Gasteiger partial charge < -0.3 is 15.2 Å². The summed E-state index contributed by atoms with van der Waals surface area (Å²) in [6.45, 7) is 0.866. The average molecular weight is 235 g/mol. The summed E-state index contributed by atoms with van der Waals surface area (Å²) in [5, 5.41) is 5.84. The second-order valence-electron chi connectivity index (χ2n) is 4.33. The van der Waals surface area contributed by atoms with Crippen molar-refractivity contribution in [1.29, 1.82) is 0 Å². The van der Waals surface area contributed by atoms with E-state index in [9.17, 15) is 9.59 Å². The van der Waals surface area contributed by atoms with Crippen LogP contribution in [0.15, 0.2) is 23.1 Å². The number of pyridine rings is 1. The molecule has 1 aromatic heterocycles. The average Bonchev–Trinajstić information content (AvgIpc) is 2.36. The van der Waals surface area contributed by atoms with Gasteiger partial charge >= 0.3 is 0 Å². The lowest BCUT2D eigenvalue weighted by molar-refractivity contribution is -0.118. The van der Waals surface area contributed by atoms with Crippen molar-refractivity contribution in [2.45, 2.75) is 25.3 Å². The molecular weight excluding hydrogens is 218 g/mol. The van der Waals surface area contributed by atoms with E-state index in [1.165, 1.54) is 4.57 Å². The number of nitrogens with one attached hydrogen (secondary N) is 2. The number of anilines is 1. The summed E-state index contributed by atoms with van der Waals surface area (Å²) in [4.78, 5) is 23.6. The summed E-state index contributed by atoms with van der Waals surface area (Å²) in [5.41, 5.74) is 0.157. The molecule has 2 heterocycles. The van der Waals surface area contributed by atoms with Crippen LogP contribution < -0.4 is 16.2 Å². The Morgan fingerprint density at radius 2 is 2.35 bits per heavy atom. The zero-order valence-corrected chi connectivity index (χ0v) is 9.90. The molecule has 5 heteroatoms. The maximum atomic E-state index is 11.9. The van der Waals surface area contributed by atoms with Gasteiger partial charge in [0.1, 0.15) is 5.69 Å². The second kappa shape index (κ2) is 5.14. The van der Waals surface area contributed by atoms with Crippen LogP contribution in [0, 0.1) is 0 Å². The number of aryl methyl sites for hydroxylation is 1. The minimum absolute atomic E-state index is 0.118. The Labute approximate surface area is 99.8 Å². The first-order valence-electron chi connectivity index (χ1n) is 5.88. The summed E-state index contributed by atoms with van der Waals surface area (Å²) in [6, 6.07) is 3.20. The van der Waals surface area contributed by atoms with Gasteiger partial charge in [0.15, 0.2) is 0 Å². The Morgan fingerprint density at radius 3 is 3.06 bits per heavy atom.